The molecule has 1 aliphatic heterocycles. The molecule has 5 nitrogen and oxygen atoms in total. The number of hydrogen-bond donors (Lipinski definition) is 1. The van der Waals surface area contributed by atoms with Gasteiger partial charge in [0.25, 0.3) is 5.91 Å². The predicted octanol–water partition coefficient (Wildman–Crippen LogP) is 2.68. The zero-order valence-corrected chi connectivity index (χ0v) is 13.5. The largest absolute Gasteiger partial charge is 0.485 e. The summed E-state index contributed by atoms with van der Waals surface area (Å²) in [4.78, 5) is 12.1. The van der Waals surface area contributed by atoms with E-state index in [9.17, 15) is 4.79 Å². The maximum atomic E-state index is 12.1. The number of benzene rings is 1. The second-order valence-corrected chi connectivity index (χ2v) is 6.14. The van der Waals surface area contributed by atoms with Crippen molar-refractivity contribution < 1.29 is 19.0 Å². The molecule has 1 aromatic carbocycles. The fourth-order valence-corrected chi connectivity index (χ4v) is 3.03. The molecule has 1 saturated carbocycles. The van der Waals surface area contributed by atoms with Gasteiger partial charge in [0.2, 0.25) is 6.10 Å². The van der Waals surface area contributed by atoms with Gasteiger partial charge in [-0.1, -0.05) is 31.4 Å². The van der Waals surface area contributed by atoms with Gasteiger partial charge in [-0.3, -0.25) is 4.79 Å². The van der Waals surface area contributed by atoms with E-state index in [1.54, 1.807) is 0 Å². The molecule has 1 amide bonds. The van der Waals surface area contributed by atoms with Crippen LogP contribution in [0.15, 0.2) is 24.3 Å². The van der Waals surface area contributed by atoms with Gasteiger partial charge in [0.05, 0.1) is 6.10 Å². The lowest BCUT2D eigenvalue weighted by molar-refractivity contribution is -0.130. The van der Waals surface area contributed by atoms with Crippen LogP contribution in [-0.4, -0.2) is 37.9 Å². The number of rotatable bonds is 6. The quantitative estimate of drug-likeness (QED) is 0.819. The molecule has 1 atom stereocenters. The number of para-hydroxylation sites is 2. The third-order valence-corrected chi connectivity index (χ3v) is 4.33. The highest BCUT2D eigenvalue weighted by Crippen LogP contribution is 2.30. The first-order valence-corrected chi connectivity index (χ1v) is 8.61. The van der Waals surface area contributed by atoms with Crippen LogP contribution in [0, 0.1) is 0 Å². The highest BCUT2D eigenvalue weighted by atomic mass is 16.6. The van der Waals surface area contributed by atoms with E-state index in [2.05, 4.69) is 5.32 Å². The molecule has 1 fully saturated rings. The molecular weight excluding hydrogens is 294 g/mol. The molecule has 1 aliphatic carbocycles. The molecule has 126 valence electrons. The molecular formula is C18H25NO4. The maximum Gasteiger partial charge on any atom is 0.264 e. The topological polar surface area (TPSA) is 56.8 Å². The van der Waals surface area contributed by atoms with Gasteiger partial charge in [0.1, 0.15) is 6.61 Å². The molecule has 0 bridgehead atoms. The third kappa shape index (κ3) is 4.61. The second-order valence-electron chi connectivity index (χ2n) is 6.14. The smallest absolute Gasteiger partial charge is 0.264 e. The lowest BCUT2D eigenvalue weighted by Crippen LogP contribution is -2.44. The molecule has 1 heterocycles. The second kappa shape index (κ2) is 8.20. The van der Waals surface area contributed by atoms with Gasteiger partial charge in [-0.2, -0.15) is 0 Å². The average Bonchev–Trinajstić information content (AvgIpc) is 2.61. The van der Waals surface area contributed by atoms with Gasteiger partial charge in [-0.15, -0.1) is 0 Å². The Labute approximate surface area is 137 Å². The molecule has 2 aliphatic rings. The van der Waals surface area contributed by atoms with Crippen LogP contribution in [0.1, 0.15) is 38.5 Å². The summed E-state index contributed by atoms with van der Waals surface area (Å²) in [5.41, 5.74) is 0. The SMILES string of the molecule is O=C(NCCCOC1CCCCC1)C1COc2ccccc2O1. The van der Waals surface area contributed by atoms with E-state index in [-0.39, 0.29) is 12.5 Å². The Hall–Kier alpha value is -1.75. The van der Waals surface area contributed by atoms with Crippen molar-refractivity contribution >= 4 is 5.91 Å². The molecule has 0 spiro atoms. The summed E-state index contributed by atoms with van der Waals surface area (Å²) in [6.07, 6.45) is 6.92. The summed E-state index contributed by atoms with van der Waals surface area (Å²) in [6, 6.07) is 7.40. The van der Waals surface area contributed by atoms with Crippen LogP contribution in [0.5, 0.6) is 11.5 Å². The van der Waals surface area contributed by atoms with Gasteiger partial charge < -0.3 is 19.5 Å². The Kier molecular flexibility index (Phi) is 5.75. The summed E-state index contributed by atoms with van der Waals surface area (Å²) in [6.45, 7) is 1.56. The van der Waals surface area contributed by atoms with E-state index in [1.165, 1.54) is 32.1 Å². The van der Waals surface area contributed by atoms with E-state index in [4.69, 9.17) is 14.2 Å². The molecule has 1 unspecified atom stereocenters. The van der Waals surface area contributed by atoms with Crippen molar-refractivity contribution in [3.8, 4) is 11.5 Å². The average molecular weight is 319 g/mol. The summed E-state index contributed by atoms with van der Waals surface area (Å²) >= 11 is 0. The molecule has 1 aromatic rings. The lowest BCUT2D eigenvalue weighted by atomic mass is 9.98. The van der Waals surface area contributed by atoms with Gasteiger partial charge >= 0.3 is 0 Å². The van der Waals surface area contributed by atoms with Gasteiger partial charge in [-0.05, 0) is 31.4 Å². The minimum atomic E-state index is -0.579. The van der Waals surface area contributed by atoms with Crippen LogP contribution >= 0.6 is 0 Å². The van der Waals surface area contributed by atoms with Crippen LogP contribution in [0.4, 0.5) is 0 Å². The standard InChI is InChI=1S/C18H25NO4/c20-18(17-13-22-15-9-4-5-10-16(15)23-17)19-11-6-12-21-14-7-2-1-3-8-14/h4-5,9-10,14,17H,1-3,6-8,11-13H2,(H,19,20). The fourth-order valence-electron chi connectivity index (χ4n) is 3.03. The van der Waals surface area contributed by atoms with Crippen LogP contribution in [-0.2, 0) is 9.53 Å². The molecule has 5 heteroatoms. The lowest BCUT2D eigenvalue weighted by Gasteiger charge is -2.25. The Balaban J connectivity index is 1.32. The highest BCUT2D eigenvalue weighted by Gasteiger charge is 2.26. The zero-order chi connectivity index (χ0) is 15.9. The molecule has 0 radical (unpaired) electrons. The maximum absolute atomic E-state index is 12.1. The Morgan fingerprint density at radius 1 is 1.17 bits per heavy atom. The highest BCUT2D eigenvalue weighted by molar-refractivity contribution is 5.81. The zero-order valence-electron chi connectivity index (χ0n) is 13.5. The van der Waals surface area contributed by atoms with Crippen molar-refractivity contribution in [3.05, 3.63) is 24.3 Å². The molecule has 0 saturated heterocycles. The molecule has 3 rings (SSSR count). The third-order valence-electron chi connectivity index (χ3n) is 4.33. The monoisotopic (exact) mass is 319 g/mol. The van der Waals surface area contributed by atoms with E-state index in [0.29, 0.717) is 30.8 Å². The number of carbonyl (C=O) groups is 1. The van der Waals surface area contributed by atoms with E-state index in [0.717, 1.165) is 6.42 Å². The van der Waals surface area contributed by atoms with Crippen LogP contribution in [0.3, 0.4) is 0 Å². The van der Waals surface area contributed by atoms with E-state index >= 15 is 0 Å². The van der Waals surface area contributed by atoms with E-state index < -0.39 is 6.10 Å². The van der Waals surface area contributed by atoms with E-state index in [1.807, 2.05) is 24.3 Å². The fraction of sp³-hybridized carbons (Fsp3) is 0.611. The minimum absolute atomic E-state index is 0.128. The van der Waals surface area contributed by atoms with Crippen molar-refractivity contribution in [3.63, 3.8) is 0 Å². The predicted molar refractivity (Wildman–Crippen MR) is 86.8 cm³/mol. The summed E-state index contributed by atoms with van der Waals surface area (Å²) < 4.78 is 17.1. The normalized spacial score (nSPS) is 21.0. The molecule has 23 heavy (non-hydrogen) atoms. The van der Waals surface area contributed by atoms with Crippen molar-refractivity contribution in [2.45, 2.75) is 50.7 Å². The number of ether oxygens (including phenoxy) is 3. The first kappa shape index (κ1) is 16.1. The first-order valence-electron chi connectivity index (χ1n) is 8.61. The van der Waals surface area contributed by atoms with Crippen molar-refractivity contribution in [1.29, 1.82) is 0 Å². The number of carbonyl (C=O) groups excluding carboxylic acids is 1. The summed E-state index contributed by atoms with van der Waals surface area (Å²) in [5, 5.41) is 2.90. The van der Waals surface area contributed by atoms with Crippen molar-refractivity contribution in [2.24, 2.45) is 0 Å². The van der Waals surface area contributed by atoms with Gasteiger partial charge in [-0.25, -0.2) is 0 Å². The van der Waals surface area contributed by atoms with Crippen LogP contribution in [0.25, 0.3) is 0 Å². The van der Waals surface area contributed by atoms with Crippen molar-refractivity contribution in [1.82, 2.24) is 5.32 Å². The summed E-state index contributed by atoms with van der Waals surface area (Å²) in [5.74, 6) is 1.19. The van der Waals surface area contributed by atoms with Crippen molar-refractivity contribution in [2.75, 3.05) is 19.8 Å². The Bertz CT molecular complexity index is 513. The molecule has 0 aromatic heterocycles. The minimum Gasteiger partial charge on any atom is -0.485 e. The molecule has 1 N–H and O–H groups in total. The van der Waals surface area contributed by atoms with Crippen LogP contribution < -0.4 is 14.8 Å². The van der Waals surface area contributed by atoms with Crippen LogP contribution in [0.2, 0.25) is 0 Å². The Morgan fingerprint density at radius 3 is 2.78 bits per heavy atom. The first-order chi connectivity index (χ1) is 11.3. The summed E-state index contributed by atoms with van der Waals surface area (Å²) in [7, 11) is 0. The Morgan fingerprint density at radius 2 is 1.96 bits per heavy atom. The number of fused-ring (bicyclic) bond motifs is 1. The number of hydrogen-bond acceptors (Lipinski definition) is 4. The number of nitrogens with one attached hydrogen (secondary N) is 1. The number of amides is 1. The van der Waals surface area contributed by atoms with Gasteiger partial charge in [0, 0.05) is 13.2 Å². The van der Waals surface area contributed by atoms with Gasteiger partial charge in [0.15, 0.2) is 11.5 Å².